The van der Waals surface area contributed by atoms with Gasteiger partial charge < -0.3 is 18.9 Å². The van der Waals surface area contributed by atoms with E-state index < -0.39 is 5.79 Å². The minimum atomic E-state index is -0.535. The van der Waals surface area contributed by atoms with Gasteiger partial charge in [-0.2, -0.15) is 0 Å². The zero-order valence-electron chi connectivity index (χ0n) is 15.5. The third-order valence-electron chi connectivity index (χ3n) is 6.09. The molecule has 2 saturated carbocycles. The summed E-state index contributed by atoms with van der Waals surface area (Å²) in [7, 11) is 1.69. The molecule has 1 heterocycles. The van der Waals surface area contributed by atoms with Crippen molar-refractivity contribution in [2.75, 3.05) is 20.3 Å². The molecule has 2 aliphatic carbocycles. The minimum Gasteiger partial charge on any atom is -0.493 e. The monoisotopic (exact) mass is 356 g/mol. The van der Waals surface area contributed by atoms with Crippen LogP contribution in [0.15, 0.2) is 18.2 Å². The molecule has 0 N–H and O–H groups in total. The highest BCUT2D eigenvalue weighted by atomic mass is 16.7. The van der Waals surface area contributed by atoms with Crippen LogP contribution in [-0.2, 0) is 9.47 Å². The van der Waals surface area contributed by atoms with Gasteiger partial charge >= 0.3 is 0 Å². The summed E-state index contributed by atoms with van der Waals surface area (Å²) < 4.78 is 24.0. The Bertz CT molecular complexity index is 665. The van der Waals surface area contributed by atoms with Crippen LogP contribution in [0.3, 0.4) is 0 Å². The minimum absolute atomic E-state index is 0.122. The van der Waals surface area contributed by atoms with Gasteiger partial charge in [-0.1, -0.05) is 6.07 Å². The predicted molar refractivity (Wildman–Crippen MR) is 99.4 cm³/mol. The van der Waals surface area contributed by atoms with Crippen LogP contribution in [0.25, 0.3) is 0 Å². The normalized spacial score (nSPS) is 28.2. The van der Waals surface area contributed by atoms with E-state index >= 15 is 0 Å². The maximum Gasteiger partial charge on any atom is 0.175 e. The van der Waals surface area contributed by atoms with Crippen molar-refractivity contribution in [2.24, 2.45) is 5.92 Å². The lowest BCUT2D eigenvalue weighted by atomic mass is 9.74. The van der Waals surface area contributed by atoms with E-state index in [0.717, 1.165) is 43.6 Å². The first-order valence-corrected chi connectivity index (χ1v) is 9.83. The number of ether oxygens (including phenoxy) is 4. The molecule has 4 nitrogen and oxygen atoms in total. The van der Waals surface area contributed by atoms with Crippen molar-refractivity contribution in [1.82, 2.24) is 0 Å². The standard InChI is InChI=1S/C22H28O4/c1-3-16-10-11-22(24-12-13-25-22)19(14-16)17-8-9-20(23-2)21(15-17)26-18-6-4-5-7-18/h1,8-9,15-16,18-19H,4-7,10-14H2,2H3. The van der Waals surface area contributed by atoms with Gasteiger partial charge in [0, 0.05) is 18.3 Å². The van der Waals surface area contributed by atoms with Crippen LogP contribution in [0.4, 0.5) is 0 Å². The van der Waals surface area contributed by atoms with Gasteiger partial charge in [-0.3, -0.25) is 0 Å². The van der Waals surface area contributed by atoms with E-state index in [-0.39, 0.29) is 17.9 Å². The fourth-order valence-corrected chi connectivity index (χ4v) is 4.68. The first-order chi connectivity index (χ1) is 12.7. The third kappa shape index (κ3) is 3.31. The van der Waals surface area contributed by atoms with Gasteiger partial charge in [-0.15, -0.1) is 12.3 Å². The maximum atomic E-state index is 6.29. The lowest BCUT2D eigenvalue weighted by molar-refractivity contribution is -0.194. The molecule has 0 aromatic heterocycles. The van der Waals surface area contributed by atoms with Crippen LogP contribution < -0.4 is 9.47 Å². The molecule has 0 bridgehead atoms. The molecule has 26 heavy (non-hydrogen) atoms. The zero-order valence-corrected chi connectivity index (χ0v) is 15.5. The van der Waals surface area contributed by atoms with Crippen LogP contribution in [0.5, 0.6) is 11.5 Å². The average Bonchev–Trinajstić information content (AvgIpc) is 3.35. The Hall–Kier alpha value is -1.70. The summed E-state index contributed by atoms with van der Waals surface area (Å²) in [5.41, 5.74) is 1.17. The van der Waals surface area contributed by atoms with Crippen molar-refractivity contribution < 1.29 is 18.9 Å². The molecular formula is C22H28O4. The SMILES string of the molecule is C#CC1CCC2(OCCO2)C(c2ccc(OC)c(OC3CCCC3)c2)C1. The average molecular weight is 356 g/mol. The molecule has 0 amide bonds. The van der Waals surface area contributed by atoms with Gasteiger partial charge in [-0.25, -0.2) is 0 Å². The Morgan fingerprint density at radius 1 is 1.12 bits per heavy atom. The van der Waals surface area contributed by atoms with Crippen LogP contribution >= 0.6 is 0 Å². The lowest BCUT2D eigenvalue weighted by Crippen LogP contribution is -2.42. The van der Waals surface area contributed by atoms with Crippen LogP contribution in [0.1, 0.15) is 56.4 Å². The van der Waals surface area contributed by atoms with Crippen molar-refractivity contribution in [3.63, 3.8) is 0 Å². The third-order valence-corrected chi connectivity index (χ3v) is 6.09. The van der Waals surface area contributed by atoms with Crippen LogP contribution in [0.2, 0.25) is 0 Å². The number of hydrogen-bond donors (Lipinski definition) is 0. The molecule has 4 rings (SSSR count). The van der Waals surface area contributed by atoms with Gasteiger partial charge in [0.05, 0.1) is 26.4 Å². The van der Waals surface area contributed by atoms with Crippen LogP contribution in [0, 0.1) is 18.3 Å². The first kappa shape index (κ1) is 17.7. The first-order valence-electron chi connectivity index (χ1n) is 9.83. The zero-order chi connectivity index (χ0) is 18.0. The highest BCUT2D eigenvalue weighted by Crippen LogP contribution is 2.49. The molecule has 1 aliphatic heterocycles. The molecule has 1 spiro atoms. The number of hydrogen-bond acceptors (Lipinski definition) is 4. The van der Waals surface area contributed by atoms with E-state index in [9.17, 15) is 0 Å². The molecular weight excluding hydrogens is 328 g/mol. The summed E-state index contributed by atoms with van der Waals surface area (Å²) >= 11 is 0. The lowest BCUT2D eigenvalue weighted by Gasteiger charge is -2.41. The fraction of sp³-hybridized carbons (Fsp3) is 0.636. The van der Waals surface area contributed by atoms with Gasteiger partial charge in [0.15, 0.2) is 17.3 Å². The second-order valence-corrected chi connectivity index (χ2v) is 7.63. The number of terminal acetylenes is 1. The van der Waals surface area contributed by atoms with Gasteiger partial charge in [-0.05, 0) is 56.2 Å². The summed E-state index contributed by atoms with van der Waals surface area (Å²) in [6.07, 6.45) is 13.4. The van der Waals surface area contributed by atoms with Gasteiger partial charge in [0.2, 0.25) is 0 Å². The summed E-state index contributed by atoms with van der Waals surface area (Å²) in [6.45, 7) is 1.30. The van der Waals surface area contributed by atoms with Crippen molar-refractivity contribution >= 4 is 0 Å². The van der Waals surface area contributed by atoms with Gasteiger partial charge in [0.25, 0.3) is 0 Å². The number of benzene rings is 1. The highest BCUT2D eigenvalue weighted by molar-refractivity contribution is 5.45. The van der Waals surface area contributed by atoms with Crippen molar-refractivity contribution in [3.05, 3.63) is 23.8 Å². The van der Waals surface area contributed by atoms with Crippen LogP contribution in [-0.4, -0.2) is 32.2 Å². The second kappa shape index (κ2) is 7.50. The Morgan fingerprint density at radius 3 is 2.58 bits per heavy atom. The molecule has 1 aromatic rings. The quantitative estimate of drug-likeness (QED) is 0.755. The molecule has 4 heteroatoms. The highest BCUT2D eigenvalue weighted by Gasteiger charge is 2.48. The number of rotatable bonds is 4. The molecule has 140 valence electrons. The summed E-state index contributed by atoms with van der Waals surface area (Å²) in [4.78, 5) is 0. The fourth-order valence-electron chi connectivity index (χ4n) is 4.68. The molecule has 3 fully saturated rings. The second-order valence-electron chi connectivity index (χ2n) is 7.63. The summed E-state index contributed by atoms with van der Waals surface area (Å²) in [5.74, 6) is 4.40. The van der Waals surface area contributed by atoms with Gasteiger partial charge in [0.1, 0.15) is 0 Å². The van der Waals surface area contributed by atoms with Crippen molar-refractivity contribution in [2.45, 2.75) is 62.8 Å². The number of methoxy groups -OCH3 is 1. The Kier molecular flexibility index (Phi) is 5.11. The topological polar surface area (TPSA) is 36.9 Å². The molecule has 2 atom stereocenters. The molecule has 1 saturated heterocycles. The van der Waals surface area contributed by atoms with E-state index in [2.05, 4.69) is 18.1 Å². The van der Waals surface area contributed by atoms with E-state index in [1.807, 2.05) is 6.07 Å². The van der Waals surface area contributed by atoms with Crippen molar-refractivity contribution in [3.8, 4) is 23.8 Å². The van der Waals surface area contributed by atoms with E-state index in [1.165, 1.54) is 18.4 Å². The Morgan fingerprint density at radius 2 is 1.88 bits per heavy atom. The molecule has 1 aromatic carbocycles. The Labute approximate surface area is 156 Å². The smallest absolute Gasteiger partial charge is 0.175 e. The summed E-state index contributed by atoms with van der Waals surface area (Å²) in [6, 6.07) is 6.23. The van der Waals surface area contributed by atoms with E-state index in [1.54, 1.807) is 7.11 Å². The van der Waals surface area contributed by atoms with E-state index in [4.69, 9.17) is 25.4 Å². The molecule has 2 unspecified atom stereocenters. The van der Waals surface area contributed by atoms with Crippen molar-refractivity contribution in [1.29, 1.82) is 0 Å². The molecule has 3 aliphatic rings. The maximum absolute atomic E-state index is 6.29. The largest absolute Gasteiger partial charge is 0.493 e. The van der Waals surface area contributed by atoms with E-state index in [0.29, 0.717) is 13.2 Å². The Balaban J connectivity index is 1.64. The summed E-state index contributed by atoms with van der Waals surface area (Å²) in [5, 5.41) is 0. The predicted octanol–water partition coefficient (Wildman–Crippen LogP) is 4.28. The molecule has 0 radical (unpaired) electrons.